The Kier molecular flexibility index (Phi) is 6.88. The topological polar surface area (TPSA) is 134 Å². The van der Waals surface area contributed by atoms with E-state index in [9.17, 15) is 20.4 Å². The van der Waals surface area contributed by atoms with Gasteiger partial charge in [0.05, 0.1) is 18.0 Å². The first-order valence-electron chi connectivity index (χ1n) is 11.3. The second-order valence-electron chi connectivity index (χ2n) is 8.55. The molecular formula is C25H25ClN2O7. The number of rotatable bonds is 5. The molecule has 2 aliphatic rings. The van der Waals surface area contributed by atoms with Gasteiger partial charge in [0.1, 0.15) is 43.7 Å². The largest absolute Gasteiger partial charge is 0.486 e. The Morgan fingerprint density at radius 2 is 1.66 bits per heavy atom. The van der Waals surface area contributed by atoms with Crippen LogP contribution in [-0.2, 0) is 11.2 Å². The van der Waals surface area contributed by atoms with Gasteiger partial charge in [-0.2, -0.15) is 10.2 Å². The Hall–Kier alpha value is -2.79. The molecule has 35 heavy (non-hydrogen) atoms. The number of fused-ring (bicyclic) bond motifs is 1. The van der Waals surface area contributed by atoms with Crippen LogP contribution in [0.3, 0.4) is 0 Å². The van der Waals surface area contributed by atoms with E-state index in [-0.39, 0.29) is 0 Å². The maximum Gasteiger partial charge on any atom is 0.162 e. The van der Waals surface area contributed by atoms with Crippen LogP contribution in [0.1, 0.15) is 22.9 Å². The van der Waals surface area contributed by atoms with Gasteiger partial charge in [-0.3, -0.25) is 0 Å². The third-order valence-electron chi connectivity index (χ3n) is 6.22. The van der Waals surface area contributed by atoms with E-state index in [2.05, 4.69) is 10.2 Å². The van der Waals surface area contributed by atoms with Gasteiger partial charge >= 0.3 is 0 Å². The Bertz CT molecular complexity index is 1190. The van der Waals surface area contributed by atoms with Crippen molar-refractivity contribution in [1.82, 2.24) is 10.2 Å². The Morgan fingerprint density at radius 1 is 0.857 bits per heavy atom. The molecule has 184 valence electrons. The molecule has 0 radical (unpaired) electrons. The second-order valence-corrected chi connectivity index (χ2v) is 8.95. The third-order valence-corrected chi connectivity index (χ3v) is 6.59. The standard InChI is InChI=1S/C25H25ClN2O7/c26-17-4-1-14(25-24(32)23(31)22(30)21(12-29)35-25)9-15(17)10-16-3-5-18(28-27-16)13-2-6-19-20(11-13)34-8-7-33-19/h1-6,9,11,21-25,29-32H,7-8,10,12H2/t21-,22-,23+,24-,25+/m1/s1. The molecule has 4 N–H and O–H groups in total. The SMILES string of the molecule is OC[C@H]1O[C@@H](c2ccc(Cl)c(Cc3ccc(-c4ccc5c(c4)OCCO5)nn3)c2)[C@H](O)[C@@H](O)[C@@H]1O. The monoisotopic (exact) mass is 500 g/mol. The molecule has 1 fully saturated rings. The molecule has 3 heterocycles. The van der Waals surface area contributed by atoms with Crippen molar-refractivity contribution in [3.8, 4) is 22.8 Å². The Morgan fingerprint density at radius 3 is 2.40 bits per heavy atom. The molecule has 0 spiro atoms. The fourth-order valence-electron chi connectivity index (χ4n) is 4.29. The third kappa shape index (κ3) is 4.84. The number of hydrogen-bond acceptors (Lipinski definition) is 9. The zero-order valence-electron chi connectivity index (χ0n) is 18.6. The molecule has 10 heteroatoms. The summed E-state index contributed by atoms with van der Waals surface area (Å²) in [5.41, 5.74) is 3.51. The molecule has 0 unspecified atom stereocenters. The molecule has 2 aromatic carbocycles. The van der Waals surface area contributed by atoms with Gasteiger partial charge in [-0.25, -0.2) is 0 Å². The van der Waals surface area contributed by atoms with Crippen LogP contribution in [0.5, 0.6) is 11.5 Å². The number of aliphatic hydroxyl groups excluding tert-OH is 4. The number of nitrogens with zero attached hydrogens (tertiary/aromatic N) is 2. The molecular weight excluding hydrogens is 476 g/mol. The van der Waals surface area contributed by atoms with E-state index in [1.807, 2.05) is 30.3 Å². The highest BCUT2D eigenvalue weighted by molar-refractivity contribution is 6.31. The molecule has 9 nitrogen and oxygen atoms in total. The van der Waals surface area contributed by atoms with Crippen molar-refractivity contribution >= 4 is 11.6 Å². The molecule has 3 aromatic rings. The zero-order chi connectivity index (χ0) is 24.5. The van der Waals surface area contributed by atoms with Gasteiger partial charge < -0.3 is 34.6 Å². The van der Waals surface area contributed by atoms with E-state index in [4.69, 9.17) is 25.8 Å². The summed E-state index contributed by atoms with van der Waals surface area (Å²) in [7, 11) is 0. The summed E-state index contributed by atoms with van der Waals surface area (Å²) in [6, 6.07) is 14.4. The van der Waals surface area contributed by atoms with Crippen molar-refractivity contribution in [2.45, 2.75) is 36.9 Å². The van der Waals surface area contributed by atoms with Gasteiger partial charge in [-0.05, 0) is 47.5 Å². The lowest BCUT2D eigenvalue weighted by atomic mass is 9.90. The quantitative estimate of drug-likeness (QED) is 0.412. The summed E-state index contributed by atoms with van der Waals surface area (Å²) in [5, 5.41) is 49.2. The predicted octanol–water partition coefficient (Wildman–Crippen LogP) is 1.67. The van der Waals surface area contributed by atoms with Crippen molar-refractivity contribution in [1.29, 1.82) is 0 Å². The van der Waals surface area contributed by atoms with Crippen molar-refractivity contribution < 1.29 is 34.6 Å². The average molecular weight is 501 g/mol. The molecule has 2 aliphatic heterocycles. The number of aromatic nitrogens is 2. The van der Waals surface area contributed by atoms with Crippen molar-refractivity contribution in [2.75, 3.05) is 19.8 Å². The molecule has 0 saturated carbocycles. The molecule has 5 rings (SSSR count). The highest BCUT2D eigenvalue weighted by Gasteiger charge is 2.44. The van der Waals surface area contributed by atoms with Crippen LogP contribution in [0.15, 0.2) is 48.5 Å². The van der Waals surface area contributed by atoms with Crippen molar-refractivity contribution in [2.24, 2.45) is 0 Å². The zero-order valence-corrected chi connectivity index (χ0v) is 19.4. The minimum absolute atomic E-state index is 0.374. The van der Waals surface area contributed by atoms with Gasteiger partial charge in [0.15, 0.2) is 11.5 Å². The summed E-state index contributed by atoms with van der Waals surface area (Å²) >= 11 is 6.42. The first-order chi connectivity index (χ1) is 16.9. The highest BCUT2D eigenvalue weighted by atomic mass is 35.5. The molecule has 0 amide bonds. The van der Waals surface area contributed by atoms with E-state index in [1.54, 1.807) is 18.2 Å². The van der Waals surface area contributed by atoms with Crippen molar-refractivity contribution in [3.63, 3.8) is 0 Å². The van der Waals surface area contributed by atoms with Gasteiger partial charge in [0.25, 0.3) is 0 Å². The summed E-state index contributed by atoms with van der Waals surface area (Å²) in [4.78, 5) is 0. The van der Waals surface area contributed by atoms with E-state index in [1.165, 1.54) is 0 Å². The molecule has 0 bridgehead atoms. The van der Waals surface area contributed by atoms with Crippen LogP contribution in [0.4, 0.5) is 0 Å². The lowest BCUT2D eigenvalue weighted by molar-refractivity contribution is -0.231. The summed E-state index contributed by atoms with van der Waals surface area (Å²) in [5.74, 6) is 1.38. The van der Waals surface area contributed by atoms with Crippen LogP contribution in [0.25, 0.3) is 11.3 Å². The Balaban J connectivity index is 1.35. The van der Waals surface area contributed by atoms with Gasteiger partial charge in [0.2, 0.25) is 0 Å². The minimum atomic E-state index is -1.45. The van der Waals surface area contributed by atoms with E-state index < -0.39 is 37.1 Å². The van der Waals surface area contributed by atoms with Crippen LogP contribution < -0.4 is 9.47 Å². The van der Waals surface area contributed by atoms with Crippen LogP contribution in [0, 0.1) is 0 Å². The van der Waals surface area contributed by atoms with E-state index >= 15 is 0 Å². The highest BCUT2D eigenvalue weighted by Crippen LogP contribution is 2.35. The minimum Gasteiger partial charge on any atom is -0.486 e. The fourth-order valence-corrected chi connectivity index (χ4v) is 4.47. The number of aliphatic hydroxyl groups is 4. The normalized spacial score (nSPS) is 25.9. The first-order valence-corrected chi connectivity index (χ1v) is 11.6. The summed E-state index contributed by atoms with van der Waals surface area (Å²) in [6.45, 7) is 0.540. The maximum absolute atomic E-state index is 10.4. The van der Waals surface area contributed by atoms with Gasteiger partial charge in [-0.1, -0.05) is 23.7 Å². The van der Waals surface area contributed by atoms with Crippen LogP contribution in [-0.4, -0.2) is 74.9 Å². The smallest absolute Gasteiger partial charge is 0.162 e. The van der Waals surface area contributed by atoms with Gasteiger partial charge in [0, 0.05) is 17.0 Å². The first kappa shape index (κ1) is 23.9. The molecule has 1 saturated heterocycles. The van der Waals surface area contributed by atoms with Crippen LogP contribution >= 0.6 is 11.6 Å². The molecule has 1 aromatic heterocycles. The molecule has 5 atom stereocenters. The number of ether oxygens (including phenoxy) is 3. The number of halogens is 1. The van der Waals surface area contributed by atoms with E-state index in [0.29, 0.717) is 53.1 Å². The second kappa shape index (κ2) is 10.1. The fraction of sp³-hybridized carbons (Fsp3) is 0.360. The summed E-state index contributed by atoms with van der Waals surface area (Å²) in [6.07, 6.45) is -5.79. The Labute approximate surface area is 206 Å². The number of benzene rings is 2. The van der Waals surface area contributed by atoms with Gasteiger partial charge in [-0.15, -0.1) is 0 Å². The molecule has 0 aliphatic carbocycles. The summed E-state index contributed by atoms with van der Waals surface area (Å²) < 4.78 is 16.9. The average Bonchev–Trinajstić information content (AvgIpc) is 2.89. The van der Waals surface area contributed by atoms with Crippen molar-refractivity contribution in [3.05, 3.63) is 70.4 Å². The lowest BCUT2D eigenvalue weighted by Gasteiger charge is -2.40. The number of hydrogen-bond donors (Lipinski definition) is 4. The maximum atomic E-state index is 10.4. The lowest BCUT2D eigenvalue weighted by Crippen LogP contribution is -2.55. The predicted molar refractivity (Wildman–Crippen MR) is 125 cm³/mol. The van der Waals surface area contributed by atoms with E-state index in [0.717, 1.165) is 11.1 Å². The van der Waals surface area contributed by atoms with Crippen LogP contribution in [0.2, 0.25) is 5.02 Å².